The van der Waals surface area contributed by atoms with Gasteiger partial charge in [-0.25, -0.2) is 4.98 Å². The van der Waals surface area contributed by atoms with Gasteiger partial charge < -0.3 is 14.6 Å². The summed E-state index contributed by atoms with van der Waals surface area (Å²) in [5.74, 6) is 4.17. The van der Waals surface area contributed by atoms with Gasteiger partial charge in [0.05, 0.1) is 12.3 Å². The van der Waals surface area contributed by atoms with Crippen molar-refractivity contribution in [1.82, 2.24) is 14.9 Å². The molecule has 4 aromatic rings. The fraction of sp³-hybridized carbons (Fsp3) is 0.280. The Hall–Kier alpha value is -3.03. The summed E-state index contributed by atoms with van der Waals surface area (Å²) in [4.78, 5) is 21.9. The van der Waals surface area contributed by atoms with Crippen LogP contribution in [0.5, 0.6) is 0 Å². The fourth-order valence-electron chi connectivity index (χ4n) is 3.60. The molecule has 0 spiro atoms. The Bertz CT molecular complexity index is 1230. The smallest absolute Gasteiger partial charge is 0.255 e. The van der Waals surface area contributed by atoms with Crippen molar-refractivity contribution in [3.63, 3.8) is 0 Å². The van der Waals surface area contributed by atoms with Crippen LogP contribution >= 0.6 is 11.8 Å². The molecule has 2 heterocycles. The number of benzene rings is 2. The van der Waals surface area contributed by atoms with E-state index in [9.17, 15) is 4.79 Å². The molecule has 0 atom stereocenters. The maximum absolute atomic E-state index is 12.6. The van der Waals surface area contributed by atoms with Crippen molar-refractivity contribution >= 4 is 28.5 Å². The van der Waals surface area contributed by atoms with Crippen LogP contribution in [0.1, 0.15) is 22.6 Å². The number of hydrogen-bond donors (Lipinski definition) is 2. The first-order valence-electron chi connectivity index (χ1n) is 10.7. The SMILES string of the molecule is CN(C)Cc1ccc(CSCCNc2ncc(Cc3cccc4ccccc34)c(=O)[nH]2)o1. The van der Waals surface area contributed by atoms with Gasteiger partial charge in [0.1, 0.15) is 11.5 Å². The van der Waals surface area contributed by atoms with Crippen LogP contribution in [0.3, 0.4) is 0 Å². The van der Waals surface area contributed by atoms with Crippen LogP contribution < -0.4 is 10.9 Å². The molecule has 0 unspecified atom stereocenters. The largest absolute Gasteiger partial charge is 0.464 e. The molecule has 0 amide bonds. The third-order valence-corrected chi connectivity index (χ3v) is 6.09. The number of nitrogens with zero attached hydrogens (tertiary/aromatic N) is 2. The molecule has 0 fully saturated rings. The molecule has 0 radical (unpaired) electrons. The molecule has 2 N–H and O–H groups in total. The lowest BCUT2D eigenvalue weighted by atomic mass is 10.00. The standard InChI is InChI=1S/C25H28N4O2S/c1-29(2)16-21-10-11-22(31-21)17-32-13-12-26-25-27-15-20(24(30)28-25)14-19-8-5-7-18-6-3-4-9-23(18)19/h3-11,15H,12-14,16-17H2,1-2H3,(H2,26,27,28,30). The van der Waals surface area contributed by atoms with Gasteiger partial charge in [0, 0.05) is 30.5 Å². The molecule has 166 valence electrons. The molecule has 7 heteroatoms. The Morgan fingerprint density at radius 2 is 1.84 bits per heavy atom. The maximum Gasteiger partial charge on any atom is 0.255 e. The minimum absolute atomic E-state index is 0.105. The molecule has 0 aliphatic rings. The monoisotopic (exact) mass is 448 g/mol. The summed E-state index contributed by atoms with van der Waals surface area (Å²) in [7, 11) is 4.05. The number of aromatic amines is 1. The summed E-state index contributed by atoms with van der Waals surface area (Å²) < 4.78 is 5.82. The summed E-state index contributed by atoms with van der Waals surface area (Å²) in [5, 5.41) is 5.54. The maximum atomic E-state index is 12.6. The Morgan fingerprint density at radius 3 is 2.69 bits per heavy atom. The highest BCUT2D eigenvalue weighted by atomic mass is 32.2. The molecule has 2 aromatic carbocycles. The molecule has 2 aromatic heterocycles. The molecule has 0 bridgehead atoms. The first-order chi connectivity index (χ1) is 15.6. The minimum Gasteiger partial charge on any atom is -0.464 e. The zero-order chi connectivity index (χ0) is 22.3. The summed E-state index contributed by atoms with van der Waals surface area (Å²) in [6.45, 7) is 1.52. The van der Waals surface area contributed by atoms with Crippen LogP contribution in [-0.2, 0) is 18.7 Å². The summed E-state index contributed by atoms with van der Waals surface area (Å²) >= 11 is 1.78. The van der Waals surface area contributed by atoms with Crippen molar-refractivity contribution in [3.05, 3.63) is 93.8 Å². The fourth-order valence-corrected chi connectivity index (χ4v) is 4.35. The van der Waals surface area contributed by atoms with Gasteiger partial charge in [-0.2, -0.15) is 11.8 Å². The zero-order valence-corrected chi connectivity index (χ0v) is 19.2. The number of thioether (sulfide) groups is 1. The Labute approximate surface area is 192 Å². The van der Waals surface area contributed by atoms with E-state index in [1.165, 1.54) is 10.8 Å². The van der Waals surface area contributed by atoms with Crippen LogP contribution in [0.15, 0.2) is 70.0 Å². The molecule has 0 aliphatic carbocycles. The third-order valence-electron chi connectivity index (χ3n) is 5.11. The predicted molar refractivity (Wildman–Crippen MR) is 132 cm³/mol. The molecule has 0 aliphatic heterocycles. The Morgan fingerprint density at radius 1 is 1.03 bits per heavy atom. The summed E-state index contributed by atoms with van der Waals surface area (Å²) in [6, 6.07) is 18.5. The molecule has 6 nitrogen and oxygen atoms in total. The first kappa shape index (κ1) is 22.2. The molecule has 32 heavy (non-hydrogen) atoms. The molecule has 0 saturated heterocycles. The topological polar surface area (TPSA) is 74.2 Å². The van der Waals surface area contributed by atoms with Gasteiger partial charge in [0.25, 0.3) is 5.56 Å². The number of furan rings is 1. The van der Waals surface area contributed by atoms with Crippen LogP contribution in [0.4, 0.5) is 5.95 Å². The highest BCUT2D eigenvalue weighted by Gasteiger charge is 2.07. The average molecular weight is 449 g/mol. The second-order valence-electron chi connectivity index (χ2n) is 7.99. The summed E-state index contributed by atoms with van der Waals surface area (Å²) in [5.41, 5.74) is 1.68. The van der Waals surface area contributed by atoms with Gasteiger partial charge in [-0.1, -0.05) is 42.5 Å². The quantitative estimate of drug-likeness (QED) is 0.348. The molecule has 4 rings (SSSR count). The Balaban J connectivity index is 1.27. The van der Waals surface area contributed by atoms with E-state index in [-0.39, 0.29) is 5.56 Å². The number of fused-ring (bicyclic) bond motifs is 1. The van der Waals surface area contributed by atoms with E-state index in [1.54, 1.807) is 18.0 Å². The third kappa shape index (κ3) is 5.81. The van der Waals surface area contributed by atoms with E-state index in [4.69, 9.17) is 4.42 Å². The van der Waals surface area contributed by atoms with Crippen molar-refractivity contribution in [2.45, 2.75) is 18.7 Å². The number of rotatable bonds is 10. The molecular weight excluding hydrogens is 420 g/mol. The highest BCUT2D eigenvalue weighted by Crippen LogP contribution is 2.20. The van der Waals surface area contributed by atoms with Gasteiger partial charge in [-0.3, -0.25) is 9.78 Å². The number of H-pyrrole nitrogens is 1. The minimum atomic E-state index is -0.105. The lowest BCUT2D eigenvalue weighted by Gasteiger charge is -2.08. The van der Waals surface area contributed by atoms with Crippen molar-refractivity contribution in [1.29, 1.82) is 0 Å². The lowest BCUT2D eigenvalue weighted by molar-refractivity contribution is 0.344. The van der Waals surface area contributed by atoms with Crippen LogP contribution in [0, 0.1) is 0 Å². The number of nitrogens with one attached hydrogen (secondary N) is 2. The van der Waals surface area contributed by atoms with E-state index in [0.717, 1.165) is 35.1 Å². The molecular formula is C25H28N4O2S. The van der Waals surface area contributed by atoms with Gasteiger partial charge in [0.2, 0.25) is 5.95 Å². The van der Waals surface area contributed by atoms with Crippen molar-refractivity contribution in [2.24, 2.45) is 0 Å². The zero-order valence-electron chi connectivity index (χ0n) is 18.4. The van der Waals surface area contributed by atoms with E-state index in [1.807, 2.05) is 44.4 Å². The molecule has 0 saturated carbocycles. The first-order valence-corrected chi connectivity index (χ1v) is 11.8. The van der Waals surface area contributed by atoms with Crippen LogP contribution in [0.25, 0.3) is 10.8 Å². The lowest BCUT2D eigenvalue weighted by Crippen LogP contribution is -2.18. The van der Waals surface area contributed by atoms with Gasteiger partial charge in [0.15, 0.2) is 0 Å². The van der Waals surface area contributed by atoms with Crippen molar-refractivity contribution in [2.75, 3.05) is 31.7 Å². The second kappa shape index (κ2) is 10.5. The second-order valence-corrected chi connectivity index (χ2v) is 9.09. The van der Waals surface area contributed by atoms with E-state index in [0.29, 0.717) is 24.5 Å². The number of anilines is 1. The van der Waals surface area contributed by atoms with Crippen molar-refractivity contribution in [3.8, 4) is 0 Å². The normalized spacial score (nSPS) is 11.3. The van der Waals surface area contributed by atoms with E-state index in [2.05, 4.69) is 44.5 Å². The number of aromatic nitrogens is 2. The van der Waals surface area contributed by atoms with E-state index < -0.39 is 0 Å². The van der Waals surface area contributed by atoms with Crippen LogP contribution in [-0.4, -0.2) is 41.3 Å². The van der Waals surface area contributed by atoms with E-state index >= 15 is 0 Å². The highest BCUT2D eigenvalue weighted by molar-refractivity contribution is 7.98. The van der Waals surface area contributed by atoms with Gasteiger partial charge in [-0.05, 0) is 42.6 Å². The predicted octanol–water partition coefficient (Wildman–Crippen LogP) is 4.51. The Kier molecular flexibility index (Phi) is 7.29. The van der Waals surface area contributed by atoms with Gasteiger partial charge >= 0.3 is 0 Å². The average Bonchev–Trinajstić information content (AvgIpc) is 3.22. The van der Waals surface area contributed by atoms with Crippen LogP contribution in [0.2, 0.25) is 0 Å². The van der Waals surface area contributed by atoms with Crippen molar-refractivity contribution < 1.29 is 4.42 Å². The van der Waals surface area contributed by atoms with Gasteiger partial charge in [-0.15, -0.1) is 0 Å². The number of hydrogen-bond acceptors (Lipinski definition) is 6. The summed E-state index contributed by atoms with van der Waals surface area (Å²) in [6.07, 6.45) is 2.23.